The van der Waals surface area contributed by atoms with Crippen molar-refractivity contribution in [2.24, 2.45) is 0 Å². The Labute approximate surface area is 334 Å². The maximum absolute atomic E-state index is 4.18. The number of rotatable bonds is 14. The molecule has 0 saturated heterocycles. The van der Waals surface area contributed by atoms with Crippen LogP contribution in [0.3, 0.4) is 0 Å². The van der Waals surface area contributed by atoms with E-state index in [1.165, 1.54) is 66.3 Å². The van der Waals surface area contributed by atoms with Gasteiger partial charge in [0, 0.05) is 0 Å². The summed E-state index contributed by atoms with van der Waals surface area (Å²) in [6.45, 7) is 6.08. The third-order valence-electron chi connectivity index (χ3n) is 8.79. The summed E-state index contributed by atoms with van der Waals surface area (Å²) in [5.74, 6) is 0. The van der Waals surface area contributed by atoms with Crippen molar-refractivity contribution in [3.63, 3.8) is 0 Å². The molecule has 0 radical (unpaired) electrons. The van der Waals surface area contributed by atoms with Crippen LogP contribution in [-0.2, 0) is 64.6 Å². The first-order valence-corrected chi connectivity index (χ1v) is 21.5. The molecule has 0 unspecified atom stereocenters. The summed E-state index contributed by atoms with van der Waals surface area (Å²) in [5.41, 5.74) is 4.28. The molecule has 0 aliphatic heterocycles. The van der Waals surface area contributed by atoms with Crippen LogP contribution in [0, 0.1) is 33.6 Å². The van der Waals surface area contributed by atoms with Crippen LogP contribution in [0.2, 0.25) is 0 Å². The number of hydrogen-bond acceptors (Lipinski definition) is 4. The van der Waals surface area contributed by atoms with E-state index in [0.717, 1.165) is 58.7 Å². The number of hydrogen-bond donors (Lipinski definition) is 0. The van der Waals surface area contributed by atoms with E-state index >= 15 is 0 Å². The van der Waals surface area contributed by atoms with Crippen LogP contribution in [0.1, 0.15) is 61.3 Å². The third-order valence-corrected chi connectivity index (χ3v) is 13.3. The van der Waals surface area contributed by atoms with E-state index in [2.05, 4.69) is 175 Å². The molecule has 0 bridgehead atoms. The van der Waals surface area contributed by atoms with Gasteiger partial charge >= 0.3 is 336 Å². The van der Waals surface area contributed by atoms with Crippen molar-refractivity contribution in [2.75, 3.05) is 0 Å². The number of aromatic nitrogens is 8. The van der Waals surface area contributed by atoms with Crippen LogP contribution in [0.4, 0.5) is 0 Å². The van der Waals surface area contributed by atoms with E-state index in [9.17, 15) is 0 Å². The Morgan fingerprint density at radius 3 is 1.44 bits per heavy atom. The van der Waals surface area contributed by atoms with Gasteiger partial charge in [0.15, 0.2) is 0 Å². The minimum absolute atomic E-state index is 1.02. The fraction of sp³-hybridized carbons (Fsp3) is 0.300. The molecule has 0 N–H and O–H groups in total. The number of thiophene rings is 2. The Balaban J connectivity index is 0.000000162. The zero-order valence-electron chi connectivity index (χ0n) is 29.2. The molecule has 8 aromatic rings. The van der Waals surface area contributed by atoms with Gasteiger partial charge in [-0.15, -0.1) is 0 Å². The molecular weight excluding hydrogens is 1050 g/mol. The summed E-state index contributed by atoms with van der Waals surface area (Å²) in [4.78, 5) is 0. The predicted octanol–water partition coefficient (Wildman–Crippen LogP) is 8.89. The third kappa shape index (κ3) is 9.20. The van der Waals surface area contributed by atoms with Gasteiger partial charge in [0.25, 0.3) is 0 Å². The van der Waals surface area contributed by atoms with Crippen LogP contribution in [0.5, 0.6) is 0 Å². The van der Waals surface area contributed by atoms with Crippen molar-refractivity contribution in [3.05, 3.63) is 128 Å². The molecule has 12 heteroatoms. The standard InChI is InChI=1S/2C20H20N4S.2Pt/c2*1-16-13-18(22-21-16)8-3-2-6-10-23-11-12-24(15-23)20-14-17-7-4-5-9-19(17)25-20;;/h2*4-5,7,9,11-13H,2-3,6,8,10H2,1H3;;/q2*-2;;. The second-order valence-electron chi connectivity index (χ2n) is 12.8. The Bertz CT molecular complexity index is 2240. The van der Waals surface area contributed by atoms with Crippen molar-refractivity contribution >= 4 is 42.8 Å². The Morgan fingerprint density at radius 2 is 1.04 bits per heavy atom. The minimum atomic E-state index is 1.02. The van der Waals surface area contributed by atoms with E-state index in [0.29, 0.717) is 0 Å². The second kappa shape index (κ2) is 17.6. The molecular formula is C40H40N8Pt2S2-4. The second-order valence-corrected chi connectivity index (χ2v) is 16.9. The Morgan fingerprint density at radius 1 is 0.596 bits per heavy atom. The van der Waals surface area contributed by atoms with Crippen molar-refractivity contribution in [1.29, 1.82) is 0 Å². The quantitative estimate of drug-likeness (QED) is 0.0807. The van der Waals surface area contributed by atoms with Gasteiger partial charge in [-0.2, -0.15) is 0 Å². The summed E-state index contributed by atoms with van der Waals surface area (Å²) in [6.07, 6.45) is 17.8. The monoisotopic (exact) mass is 1090 g/mol. The molecule has 6 aromatic heterocycles. The molecule has 0 amide bonds. The van der Waals surface area contributed by atoms with Crippen molar-refractivity contribution < 1.29 is 38.7 Å². The van der Waals surface area contributed by atoms with Gasteiger partial charge in [-0.25, -0.2) is 0 Å². The molecule has 0 fully saturated rings. The zero-order valence-corrected chi connectivity index (χ0v) is 35.4. The van der Waals surface area contributed by atoms with Gasteiger partial charge in [0.2, 0.25) is 0 Å². The van der Waals surface area contributed by atoms with Gasteiger partial charge in [-0.05, 0) is 0 Å². The summed E-state index contributed by atoms with van der Waals surface area (Å²) in [5, 5.41) is 21.2. The van der Waals surface area contributed by atoms with Gasteiger partial charge in [0.05, 0.1) is 0 Å². The van der Waals surface area contributed by atoms with Crippen LogP contribution in [0.25, 0.3) is 30.2 Å². The molecule has 8 nitrogen and oxygen atoms in total. The van der Waals surface area contributed by atoms with Crippen molar-refractivity contribution in [3.8, 4) is 10.0 Å². The molecule has 0 atom stereocenters. The van der Waals surface area contributed by atoms with Crippen molar-refractivity contribution in [2.45, 2.75) is 78.3 Å². The van der Waals surface area contributed by atoms with E-state index in [4.69, 9.17) is 0 Å². The van der Waals surface area contributed by atoms with E-state index in [-0.39, 0.29) is 0 Å². The zero-order chi connectivity index (χ0) is 35.9. The summed E-state index contributed by atoms with van der Waals surface area (Å²) < 4.78 is 14.1. The van der Waals surface area contributed by atoms with Gasteiger partial charge < -0.3 is 0 Å². The first-order chi connectivity index (χ1) is 25.4. The van der Waals surface area contributed by atoms with Crippen LogP contribution < -0.4 is 10.2 Å². The number of aryl methyl sites for hydroxylation is 6. The first kappa shape index (κ1) is 36.9. The van der Waals surface area contributed by atoms with Gasteiger partial charge in [-0.1, -0.05) is 0 Å². The number of unbranched alkanes of at least 4 members (excludes halogenated alkanes) is 4. The summed E-state index contributed by atoms with van der Waals surface area (Å²) in [6, 6.07) is 28.1. The SMILES string of the molecule is Cc1cc(CCCCCn2ccn(-c3[c-]c4ccccc4s3)[c]2=[Pt])n[n-]1.Cc1cc(CCCCCn2ccn(-c3[c-]c4ccccc4s3)[c]2=[Pt])n[n-]1. The molecule has 0 spiro atoms. The maximum atomic E-state index is 4.18. The van der Waals surface area contributed by atoms with Gasteiger partial charge in [0.1, 0.15) is 0 Å². The first-order valence-electron chi connectivity index (χ1n) is 17.6. The molecule has 0 aliphatic carbocycles. The van der Waals surface area contributed by atoms with Crippen LogP contribution >= 0.6 is 22.7 Å². The Hall–Kier alpha value is -3.42. The Kier molecular flexibility index (Phi) is 12.5. The van der Waals surface area contributed by atoms with Crippen LogP contribution in [0.15, 0.2) is 85.5 Å². The molecule has 0 aliphatic rings. The molecule has 6 heterocycles. The van der Waals surface area contributed by atoms with Gasteiger partial charge in [-0.3, -0.25) is 0 Å². The molecule has 2 aromatic carbocycles. The fourth-order valence-corrected chi connectivity index (χ4v) is 10.1. The molecule has 276 valence electrons. The summed E-state index contributed by atoms with van der Waals surface area (Å²) >= 11 is 8.40. The number of imidazole rings is 2. The predicted molar refractivity (Wildman–Crippen MR) is 202 cm³/mol. The average molecular weight is 1090 g/mol. The average Bonchev–Trinajstić information content (AvgIpc) is 4.00. The topological polar surface area (TPSA) is 73.7 Å². The van der Waals surface area contributed by atoms with E-state index in [1.54, 1.807) is 22.7 Å². The number of benzene rings is 2. The number of nitrogens with zero attached hydrogens (tertiary/aromatic N) is 8. The van der Waals surface area contributed by atoms with Crippen LogP contribution in [-0.4, -0.2) is 28.5 Å². The normalized spacial score (nSPS) is 11.5. The fourth-order valence-electron chi connectivity index (χ4n) is 6.09. The molecule has 0 saturated carbocycles. The summed E-state index contributed by atoms with van der Waals surface area (Å²) in [7, 11) is 0. The van der Waals surface area contributed by atoms with E-state index < -0.39 is 0 Å². The molecule has 8 rings (SSSR count). The van der Waals surface area contributed by atoms with E-state index in [1.807, 2.05) is 13.8 Å². The number of fused-ring (bicyclic) bond motifs is 2. The van der Waals surface area contributed by atoms with Crippen molar-refractivity contribution in [1.82, 2.24) is 38.7 Å². The molecule has 52 heavy (non-hydrogen) atoms.